The van der Waals surface area contributed by atoms with E-state index in [2.05, 4.69) is 5.32 Å². The summed E-state index contributed by atoms with van der Waals surface area (Å²) in [6, 6.07) is 17.3. The van der Waals surface area contributed by atoms with E-state index in [0.29, 0.717) is 5.75 Å². The van der Waals surface area contributed by atoms with E-state index in [4.69, 9.17) is 9.84 Å². The van der Waals surface area contributed by atoms with Gasteiger partial charge in [-0.1, -0.05) is 18.2 Å². The van der Waals surface area contributed by atoms with Crippen molar-refractivity contribution in [1.29, 1.82) is 0 Å². The molecule has 8 nitrogen and oxygen atoms in total. The molecule has 0 aliphatic heterocycles. The van der Waals surface area contributed by atoms with Gasteiger partial charge < -0.3 is 20.3 Å². The van der Waals surface area contributed by atoms with Crippen LogP contribution in [0.15, 0.2) is 82.6 Å². The largest absolute Gasteiger partial charge is 0.507 e. The summed E-state index contributed by atoms with van der Waals surface area (Å²) < 4.78 is 31.1. The fraction of sp³-hybridized carbons (Fsp3) is 0. The molecule has 0 aromatic heterocycles. The number of carbonyl (C=O) groups is 2. The smallest absolute Gasteiger partial charge is 0.394 e. The summed E-state index contributed by atoms with van der Waals surface area (Å²) in [5, 5.41) is 20.8. The van der Waals surface area contributed by atoms with Crippen LogP contribution in [0.25, 0.3) is 0 Å². The highest BCUT2D eigenvalue weighted by Crippen LogP contribution is 2.33. The highest BCUT2D eigenvalue weighted by molar-refractivity contribution is 7.91. The van der Waals surface area contributed by atoms with Crippen molar-refractivity contribution < 1.29 is 33.0 Å². The molecule has 0 atom stereocenters. The van der Waals surface area contributed by atoms with E-state index in [1.165, 1.54) is 54.6 Å². The zero-order valence-corrected chi connectivity index (χ0v) is 15.6. The fourth-order valence-corrected chi connectivity index (χ4v) is 3.81. The number of phenolic OH excluding ortho intramolecular Hbond substituents is 1. The number of benzene rings is 3. The van der Waals surface area contributed by atoms with Crippen molar-refractivity contribution in [3.63, 3.8) is 0 Å². The molecule has 0 aliphatic rings. The quantitative estimate of drug-likeness (QED) is 0.548. The van der Waals surface area contributed by atoms with E-state index in [9.17, 15) is 23.1 Å². The van der Waals surface area contributed by atoms with Crippen molar-refractivity contribution in [3.05, 3.63) is 72.8 Å². The summed E-state index contributed by atoms with van der Waals surface area (Å²) in [4.78, 5) is 21.4. The minimum Gasteiger partial charge on any atom is -0.507 e. The van der Waals surface area contributed by atoms with Gasteiger partial charge in [-0.05, 0) is 48.5 Å². The molecule has 3 N–H and O–H groups in total. The van der Waals surface area contributed by atoms with Gasteiger partial charge in [0.05, 0.1) is 4.90 Å². The fourth-order valence-electron chi connectivity index (χ4n) is 2.43. The van der Waals surface area contributed by atoms with Crippen molar-refractivity contribution in [2.45, 2.75) is 9.79 Å². The molecule has 0 saturated heterocycles. The number of rotatable bonds is 5. The van der Waals surface area contributed by atoms with Crippen molar-refractivity contribution in [1.82, 2.24) is 0 Å². The maximum atomic E-state index is 12.8. The van der Waals surface area contributed by atoms with Gasteiger partial charge in [-0.3, -0.25) is 4.79 Å². The first-order chi connectivity index (χ1) is 13.8. The van der Waals surface area contributed by atoms with Crippen LogP contribution in [0.5, 0.6) is 17.2 Å². The first-order valence-electron chi connectivity index (χ1n) is 8.23. The van der Waals surface area contributed by atoms with E-state index in [0.717, 1.165) is 0 Å². The lowest BCUT2D eigenvalue weighted by atomic mass is 10.3. The molecule has 0 bridgehead atoms. The Bertz CT molecular complexity index is 1160. The Morgan fingerprint density at radius 2 is 1.48 bits per heavy atom. The molecular weight excluding hydrogens is 398 g/mol. The molecule has 0 heterocycles. The molecule has 0 saturated carbocycles. The van der Waals surface area contributed by atoms with Gasteiger partial charge in [0.1, 0.15) is 22.1 Å². The molecule has 3 rings (SSSR count). The van der Waals surface area contributed by atoms with E-state index in [1.54, 1.807) is 18.2 Å². The van der Waals surface area contributed by atoms with Crippen LogP contribution < -0.4 is 10.1 Å². The molecule has 0 fully saturated rings. The lowest BCUT2D eigenvalue weighted by Crippen LogP contribution is -2.21. The monoisotopic (exact) mass is 413 g/mol. The Morgan fingerprint density at radius 3 is 2.10 bits per heavy atom. The average Bonchev–Trinajstić information content (AvgIpc) is 2.71. The standard InChI is InChI=1S/C20H15NO7S/c22-17-11-10-15(12-18(17)29(26,27)16-4-2-1-3-5-16)28-14-8-6-13(7-9-14)21-19(23)20(24)25/h1-12,22H,(H,21,23)(H,24,25). The number of aromatic hydroxyl groups is 1. The molecule has 1 amide bonds. The number of carboxylic acids is 1. The predicted octanol–water partition coefficient (Wildman–Crippen LogP) is 3.04. The van der Waals surface area contributed by atoms with Crippen molar-refractivity contribution in [3.8, 4) is 17.2 Å². The highest BCUT2D eigenvalue weighted by Gasteiger charge is 2.22. The van der Waals surface area contributed by atoms with Crippen LogP contribution in [0, 0.1) is 0 Å². The molecule has 29 heavy (non-hydrogen) atoms. The lowest BCUT2D eigenvalue weighted by Gasteiger charge is -2.11. The third kappa shape index (κ3) is 4.53. The number of carbonyl (C=O) groups excluding carboxylic acids is 1. The summed E-state index contributed by atoms with van der Waals surface area (Å²) in [6.07, 6.45) is 0. The summed E-state index contributed by atoms with van der Waals surface area (Å²) in [7, 11) is -3.95. The van der Waals surface area contributed by atoms with Crippen LogP contribution in [0.4, 0.5) is 5.69 Å². The minimum atomic E-state index is -3.95. The molecule has 3 aromatic carbocycles. The predicted molar refractivity (Wildman–Crippen MR) is 103 cm³/mol. The van der Waals surface area contributed by atoms with Crippen LogP contribution in [0.1, 0.15) is 0 Å². The molecule has 9 heteroatoms. The zero-order chi connectivity index (χ0) is 21.0. The topological polar surface area (TPSA) is 130 Å². The van der Waals surface area contributed by atoms with Crippen LogP contribution in [-0.4, -0.2) is 30.5 Å². The minimum absolute atomic E-state index is 0.0333. The van der Waals surface area contributed by atoms with Gasteiger partial charge >= 0.3 is 11.9 Å². The number of anilines is 1. The zero-order valence-electron chi connectivity index (χ0n) is 14.8. The first kappa shape index (κ1) is 19.9. The maximum Gasteiger partial charge on any atom is 0.394 e. The van der Waals surface area contributed by atoms with E-state index >= 15 is 0 Å². The number of nitrogens with one attached hydrogen (secondary N) is 1. The number of hydrogen-bond donors (Lipinski definition) is 3. The third-order valence-electron chi connectivity index (χ3n) is 3.82. The number of amides is 1. The SMILES string of the molecule is O=C(O)C(=O)Nc1ccc(Oc2ccc(O)c(S(=O)(=O)c3ccccc3)c2)cc1. The highest BCUT2D eigenvalue weighted by atomic mass is 32.2. The van der Waals surface area contributed by atoms with Crippen molar-refractivity contribution in [2.24, 2.45) is 0 Å². The van der Waals surface area contributed by atoms with Gasteiger partial charge in [0, 0.05) is 11.8 Å². The summed E-state index contributed by atoms with van der Waals surface area (Å²) >= 11 is 0. The number of sulfone groups is 1. The second-order valence-corrected chi connectivity index (χ2v) is 7.75. The number of ether oxygens (including phenoxy) is 1. The number of aliphatic carboxylic acids is 1. The first-order valence-corrected chi connectivity index (χ1v) is 9.71. The molecule has 0 spiro atoms. The summed E-state index contributed by atoms with van der Waals surface area (Å²) in [5.41, 5.74) is 0.253. The van der Waals surface area contributed by atoms with Crippen LogP contribution >= 0.6 is 0 Å². The van der Waals surface area contributed by atoms with Crippen LogP contribution in [-0.2, 0) is 19.4 Å². The third-order valence-corrected chi connectivity index (χ3v) is 5.62. The van der Waals surface area contributed by atoms with Gasteiger partial charge in [0.15, 0.2) is 0 Å². The average molecular weight is 413 g/mol. The van der Waals surface area contributed by atoms with Crippen molar-refractivity contribution >= 4 is 27.4 Å². The Labute approximate surface area is 165 Å². The second kappa shape index (κ2) is 8.03. The van der Waals surface area contributed by atoms with Gasteiger partial charge in [0.2, 0.25) is 9.84 Å². The Kier molecular flexibility index (Phi) is 5.51. The molecule has 0 aliphatic carbocycles. The van der Waals surface area contributed by atoms with Crippen LogP contribution in [0.2, 0.25) is 0 Å². The Hall–Kier alpha value is -3.85. The molecule has 0 unspecified atom stereocenters. The van der Waals surface area contributed by atoms with Crippen molar-refractivity contribution in [2.75, 3.05) is 5.32 Å². The Morgan fingerprint density at radius 1 is 0.862 bits per heavy atom. The van der Waals surface area contributed by atoms with Gasteiger partial charge in [0.25, 0.3) is 0 Å². The summed E-state index contributed by atoms with van der Waals surface area (Å²) in [5.74, 6) is -2.71. The number of hydrogen-bond acceptors (Lipinski definition) is 6. The van der Waals surface area contributed by atoms with E-state index in [1.807, 2.05) is 0 Å². The Balaban J connectivity index is 1.84. The maximum absolute atomic E-state index is 12.8. The molecule has 0 radical (unpaired) electrons. The van der Waals surface area contributed by atoms with E-state index < -0.39 is 27.5 Å². The second-order valence-electron chi connectivity index (χ2n) is 5.83. The van der Waals surface area contributed by atoms with Gasteiger partial charge in [-0.15, -0.1) is 0 Å². The van der Waals surface area contributed by atoms with E-state index in [-0.39, 0.29) is 21.2 Å². The lowest BCUT2D eigenvalue weighted by molar-refractivity contribution is -0.147. The van der Waals surface area contributed by atoms with Crippen LogP contribution in [0.3, 0.4) is 0 Å². The summed E-state index contributed by atoms with van der Waals surface area (Å²) in [6.45, 7) is 0. The molecule has 3 aromatic rings. The number of phenols is 1. The van der Waals surface area contributed by atoms with Gasteiger partial charge in [-0.25, -0.2) is 13.2 Å². The van der Waals surface area contributed by atoms with Gasteiger partial charge in [-0.2, -0.15) is 0 Å². The molecular formula is C20H15NO7S. The number of carboxylic acid groups (broad SMARTS) is 1. The normalized spacial score (nSPS) is 10.9. The molecule has 148 valence electrons.